The third kappa shape index (κ3) is 3.82. The Morgan fingerprint density at radius 2 is 2.23 bits per heavy atom. The van der Waals surface area contributed by atoms with Crippen LogP contribution >= 0.6 is 0 Å². The quantitative estimate of drug-likeness (QED) is 0.712. The van der Waals surface area contributed by atoms with Gasteiger partial charge in [-0.05, 0) is 32.0 Å². The van der Waals surface area contributed by atoms with Gasteiger partial charge in [0.25, 0.3) is 0 Å². The van der Waals surface area contributed by atoms with Gasteiger partial charge in [-0.25, -0.2) is 4.98 Å². The van der Waals surface area contributed by atoms with Crippen molar-refractivity contribution in [2.75, 3.05) is 12.3 Å². The van der Waals surface area contributed by atoms with E-state index in [-0.39, 0.29) is 0 Å². The highest BCUT2D eigenvalue weighted by molar-refractivity contribution is 6.07. The molecule has 2 aromatic rings. The fourth-order valence-corrected chi connectivity index (χ4v) is 1.84. The van der Waals surface area contributed by atoms with E-state index in [9.17, 15) is 0 Å². The molecule has 6 heteroatoms. The van der Waals surface area contributed by atoms with E-state index in [1.165, 1.54) is 6.21 Å². The topological polar surface area (TPSA) is 96.9 Å². The number of nitrogens with zero attached hydrogens (tertiary/aromatic N) is 2. The van der Waals surface area contributed by atoms with Crippen LogP contribution in [-0.2, 0) is 0 Å². The predicted octanol–water partition coefficient (Wildman–Crippen LogP) is 2.76. The number of nitrogen functional groups attached to an aromatic ring is 1. The van der Waals surface area contributed by atoms with Crippen LogP contribution < -0.4 is 15.8 Å². The van der Waals surface area contributed by atoms with Crippen molar-refractivity contribution in [3.05, 3.63) is 48.1 Å². The van der Waals surface area contributed by atoms with Crippen LogP contribution in [-0.4, -0.2) is 22.7 Å². The first-order chi connectivity index (χ1) is 10.6. The zero-order valence-electron chi connectivity index (χ0n) is 12.6. The number of anilines is 1. The Hall–Kier alpha value is -2.89. The summed E-state index contributed by atoms with van der Waals surface area (Å²) in [6, 6.07) is 7.01. The third-order valence-corrected chi connectivity index (χ3v) is 2.93. The summed E-state index contributed by atoms with van der Waals surface area (Å²) in [6.07, 6.45) is 4.66. The molecular formula is C16H19N5O. The van der Waals surface area contributed by atoms with Gasteiger partial charge in [0.1, 0.15) is 17.3 Å². The standard InChI is InChI=1S/C16H19N5O/c1-3-19-10-12(9-17)14-8-13(6-7-20-14)22-15-4-5-16(18)21-11(15)2/h4-10,17,19H,3H2,1-2H3,(H2,18,21)/b12-10+,17-9?. The zero-order valence-corrected chi connectivity index (χ0v) is 12.6. The Bertz CT molecular complexity index is 697. The van der Waals surface area contributed by atoms with Gasteiger partial charge >= 0.3 is 0 Å². The van der Waals surface area contributed by atoms with Crippen molar-refractivity contribution in [3.63, 3.8) is 0 Å². The minimum absolute atomic E-state index is 0.458. The van der Waals surface area contributed by atoms with Gasteiger partial charge in [0.2, 0.25) is 0 Å². The Morgan fingerprint density at radius 1 is 1.41 bits per heavy atom. The van der Waals surface area contributed by atoms with Crippen molar-refractivity contribution in [2.45, 2.75) is 13.8 Å². The Balaban J connectivity index is 2.26. The van der Waals surface area contributed by atoms with Crippen molar-refractivity contribution in [3.8, 4) is 11.5 Å². The van der Waals surface area contributed by atoms with E-state index in [1.54, 1.807) is 36.7 Å². The summed E-state index contributed by atoms with van der Waals surface area (Å²) in [5.41, 5.74) is 7.69. The van der Waals surface area contributed by atoms with E-state index in [0.29, 0.717) is 34.3 Å². The molecule has 22 heavy (non-hydrogen) atoms. The van der Waals surface area contributed by atoms with E-state index in [4.69, 9.17) is 15.9 Å². The number of nitrogens with one attached hydrogen (secondary N) is 2. The van der Waals surface area contributed by atoms with Gasteiger partial charge in [0, 0.05) is 36.8 Å². The van der Waals surface area contributed by atoms with Gasteiger partial charge in [0.05, 0.1) is 11.4 Å². The molecule has 0 atom stereocenters. The number of allylic oxidation sites excluding steroid dienone is 1. The van der Waals surface area contributed by atoms with Crippen LogP contribution in [0.2, 0.25) is 0 Å². The first-order valence-corrected chi connectivity index (χ1v) is 6.95. The fourth-order valence-electron chi connectivity index (χ4n) is 1.84. The van der Waals surface area contributed by atoms with Crippen LogP contribution in [0.1, 0.15) is 18.3 Å². The van der Waals surface area contributed by atoms with Crippen LogP contribution in [0.25, 0.3) is 5.57 Å². The van der Waals surface area contributed by atoms with Gasteiger partial charge in [-0.1, -0.05) is 0 Å². The normalized spacial score (nSPS) is 11.1. The molecule has 4 N–H and O–H groups in total. The van der Waals surface area contributed by atoms with Gasteiger partial charge in [-0.3, -0.25) is 4.98 Å². The summed E-state index contributed by atoms with van der Waals surface area (Å²) >= 11 is 0. The molecule has 114 valence electrons. The lowest BCUT2D eigenvalue weighted by Gasteiger charge is -2.10. The number of hydrogen-bond donors (Lipinski definition) is 3. The monoisotopic (exact) mass is 297 g/mol. The summed E-state index contributed by atoms with van der Waals surface area (Å²) in [5, 5.41) is 10.6. The predicted molar refractivity (Wildman–Crippen MR) is 88.1 cm³/mol. The van der Waals surface area contributed by atoms with Crippen molar-refractivity contribution in [2.24, 2.45) is 0 Å². The number of pyridine rings is 2. The van der Waals surface area contributed by atoms with E-state index in [1.807, 2.05) is 13.8 Å². The first-order valence-electron chi connectivity index (χ1n) is 6.95. The highest BCUT2D eigenvalue weighted by atomic mass is 16.5. The molecule has 0 aliphatic heterocycles. The molecule has 0 unspecified atom stereocenters. The average molecular weight is 297 g/mol. The Morgan fingerprint density at radius 3 is 2.91 bits per heavy atom. The lowest BCUT2D eigenvalue weighted by Crippen LogP contribution is -2.05. The average Bonchev–Trinajstić information content (AvgIpc) is 2.51. The van der Waals surface area contributed by atoms with Crippen molar-refractivity contribution in [1.82, 2.24) is 15.3 Å². The fraction of sp³-hybridized carbons (Fsp3) is 0.188. The third-order valence-electron chi connectivity index (χ3n) is 2.93. The molecule has 0 aliphatic carbocycles. The molecule has 0 fully saturated rings. The summed E-state index contributed by atoms with van der Waals surface area (Å²) in [4.78, 5) is 8.43. The van der Waals surface area contributed by atoms with Crippen LogP contribution in [0.5, 0.6) is 11.5 Å². The number of hydrogen-bond acceptors (Lipinski definition) is 6. The Kier molecular flexibility index (Phi) is 5.08. The van der Waals surface area contributed by atoms with E-state index >= 15 is 0 Å². The molecule has 2 heterocycles. The lowest BCUT2D eigenvalue weighted by molar-refractivity contribution is 0.475. The molecule has 0 saturated heterocycles. The molecule has 0 bridgehead atoms. The van der Waals surface area contributed by atoms with Gasteiger partial charge < -0.3 is 21.2 Å². The summed E-state index contributed by atoms with van der Waals surface area (Å²) < 4.78 is 5.82. The van der Waals surface area contributed by atoms with Crippen LogP contribution in [0.4, 0.5) is 5.82 Å². The zero-order chi connectivity index (χ0) is 15.9. The maximum absolute atomic E-state index is 7.49. The van der Waals surface area contributed by atoms with Crippen molar-refractivity contribution >= 4 is 17.6 Å². The molecule has 2 rings (SSSR count). The van der Waals surface area contributed by atoms with Crippen LogP contribution in [0, 0.1) is 12.3 Å². The molecule has 0 radical (unpaired) electrons. The first kappa shape index (κ1) is 15.5. The molecule has 6 nitrogen and oxygen atoms in total. The van der Waals surface area contributed by atoms with E-state index in [0.717, 1.165) is 6.54 Å². The summed E-state index contributed by atoms with van der Waals surface area (Å²) in [5.74, 6) is 1.72. The van der Waals surface area contributed by atoms with Crippen molar-refractivity contribution in [1.29, 1.82) is 5.41 Å². The summed E-state index contributed by atoms with van der Waals surface area (Å²) in [7, 11) is 0. The maximum Gasteiger partial charge on any atom is 0.148 e. The second-order valence-corrected chi connectivity index (χ2v) is 4.60. The smallest absolute Gasteiger partial charge is 0.148 e. The second-order valence-electron chi connectivity index (χ2n) is 4.60. The minimum atomic E-state index is 0.458. The Labute approximate surface area is 129 Å². The lowest BCUT2D eigenvalue weighted by atomic mass is 10.2. The number of nitrogens with two attached hydrogens (primary N) is 1. The molecule has 0 amide bonds. The van der Waals surface area contributed by atoms with Crippen molar-refractivity contribution < 1.29 is 4.74 Å². The molecular weight excluding hydrogens is 278 g/mol. The summed E-state index contributed by atoms with van der Waals surface area (Å²) in [6.45, 7) is 4.60. The maximum atomic E-state index is 7.49. The van der Waals surface area contributed by atoms with E-state index in [2.05, 4.69) is 15.3 Å². The van der Waals surface area contributed by atoms with Gasteiger partial charge in [-0.15, -0.1) is 0 Å². The minimum Gasteiger partial charge on any atom is -0.455 e. The highest BCUT2D eigenvalue weighted by Crippen LogP contribution is 2.25. The molecule has 2 aromatic heterocycles. The van der Waals surface area contributed by atoms with Gasteiger partial charge in [0.15, 0.2) is 0 Å². The number of rotatable bonds is 6. The van der Waals surface area contributed by atoms with Crippen LogP contribution in [0.3, 0.4) is 0 Å². The molecule has 0 spiro atoms. The molecule has 0 aromatic carbocycles. The van der Waals surface area contributed by atoms with Crippen LogP contribution in [0.15, 0.2) is 36.7 Å². The molecule has 0 saturated carbocycles. The van der Waals surface area contributed by atoms with Gasteiger partial charge in [-0.2, -0.15) is 0 Å². The highest BCUT2D eigenvalue weighted by Gasteiger charge is 2.06. The molecule has 0 aliphatic rings. The SMILES string of the molecule is CCN/C=C(\C=N)c1cc(Oc2ccc(N)nc2C)ccn1. The van der Waals surface area contributed by atoms with E-state index < -0.39 is 0 Å². The number of aromatic nitrogens is 2. The second kappa shape index (κ2) is 7.21. The number of aryl methyl sites for hydroxylation is 1. The largest absolute Gasteiger partial charge is 0.455 e. The number of ether oxygens (including phenoxy) is 1.